The number of anilines is 3. The van der Waals surface area contributed by atoms with E-state index in [4.69, 9.17) is 0 Å². The van der Waals surface area contributed by atoms with Crippen LogP contribution < -0.4 is 10.2 Å². The number of aromatic nitrogens is 1. The summed E-state index contributed by atoms with van der Waals surface area (Å²) in [6, 6.07) is 11.3. The number of rotatable bonds is 2. The number of hydrogen-bond acceptors (Lipinski definition) is 3. The quantitative estimate of drug-likeness (QED) is 0.886. The van der Waals surface area contributed by atoms with Gasteiger partial charge in [0.25, 0.3) is 0 Å². The van der Waals surface area contributed by atoms with Crippen molar-refractivity contribution in [3.05, 3.63) is 48.3 Å². The van der Waals surface area contributed by atoms with Crippen LogP contribution in [-0.2, 0) is 6.42 Å². The largest absolute Gasteiger partial charge is 0.387 e. The molecule has 2 aromatic rings. The van der Waals surface area contributed by atoms with Crippen molar-refractivity contribution >= 4 is 17.1 Å². The van der Waals surface area contributed by atoms with E-state index in [1.54, 1.807) is 0 Å². The maximum absolute atomic E-state index is 4.33. The van der Waals surface area contributed by atoms with E-state index < -0.39 is 0 Å². The number of hydrogen-bond donors (Lipinski definition) is 1. The average Bonchev–Trinajstić information content (AvgIpc) is 2.47. The Labute approximate surface area is 114 Å². The molecule has 1 aromatic carbocycles. The lowest BCUT2D eigenvalue weighted by molar-refractivity contribution is 0.617. The van der Waals surface area contributed by atoms with Crippen molar-refractivity contribution in [2.75, 3.05) is 17.3 Å². The van der Waals surface area contributed by atoms with Gasteiger partial charge in [0.05, 0.1) is 23.8 Å². The molecule has 0 amide bonds. The van der Waals surface area contributed by atoms with Crippen LogP contribution in [0.15, 0.2) is 42.7 Å². The number of benzene rings is 1. The molecule has 2 heterocycles. The molecule has 0 bridgehead atoms. The smallest absolute Gasteiger partial charge is 0.0620 e. The minimum absolute atomic E-state index is 0.504. The first-order valence-electron chi connectivity index (χ1n) is 6.79. The highest BCUT2D eigenvalue weighted by molar-refractivity contribution is 5.70. The van der Waals surface area contributed by atoms with Crippen molar-refractivity contribution < 1.29 is 0 Å². The van der Waals surface area contributed by atoms with Gasteiger partial charge < -0.3 is 10.2 Å². The van der Waals surface area contributed by atoms with E-state index in [1.165, 1.54) is 17.7 Å². The van der Waals surface area contributed by atoms with Gasteiger partial charge in [-0.25, -0.2) is 0 Å². The zero-order chi connectivity index (χ0) is 13.2. The normalized spacial score (nSPS) is 18.0. The maximum Gasteiger partial charge on any atom is 0.0620 e. The van der Waals surface area contributed by atoms with Crippen molar-refractivity contribution in [3.63, 3.8) is 0 Å². The van der Waals surface area contributed by atoms with Gasteiger partial charge in [-0.3, -0.25) is 4.98 Å². The second-order valence-corrected chi connectivity index (χ2v) is 5.07. The molecule has 3 rings (SSSR count). The predicted molar refractivity (Wildman–Crippen MR) is 80.1 cm³/mol. The summed E-state index contributed by atoms with van der Waals surface area (Å²) in [4.78, 5) is 6.73. The summed E-state index contributed by atoms with van der Waals surface area (Å²) < 4.78 is 0. The third-order valence-electron chi connectivity index (χ3n) is 3.81. The van der Waals surface area contributed by atoms with E-state index in [9.17, 15) is 0 Å². The Bertz CT molecular complexity index is 580. The second kappa shape index (κ2) is 4.92. The van der Waals surface area contributed by atoms with Crippen molar-refractivity contribution in [1.29, 1.82) is 0 Å². The molecule has 1 aliphatic rings. The molecule has 19 heavy (non-hydrogen) atoms. The van der Waals surface area contributed by atoms with Crippen molar-refractivity contribution in [3.8, 4) is 0 Å². The molecule has 0 spiro atoms. The van der Waals surface area contributed by atoms with E-state index >= 15 is 0 Å². The summed E-state index contributed by atoms with van der Waals surface area (Å²) in [6.07, 6.45) is 6.14. The van der Waals surface area contributed by atoms with Gasteiger partial charge in [0, 0.05) is 18.8 Å². The fraction of sp³-hybridized carbons (Fsp3) is 0.312. The van der Waals surface area contributed by atoms with E-state index in [0.29, 0.717) is 6.04 Å². The van der Waals surface area contributed by atoms with E-state index in [2.05, 4.69) is 52.5 Å². The van der Waals surface area contributed by atoms with E-state index in [0.717, 1.165) is 17.8 Å². The van der Waals surface area contributed by atoms with Crippen LogP contribution in [0.1, 0.15) is 18.9 Å². The Balaban J connectivity index is 2.07. The third-order valence-corrected chi connectivity index (χ3v) is 3.81. The van der Waals surface area contributed by atoms with Crippen molar-refractivity contribution in [1.82, 2.24) is 4.98 Å². The molecule has 0 fully saturated rings. The SMILES string of the molecule is CNc1cncc(N2c3ccccc3CCC2C)c1. The van der Waals surface area contributed by atoms with Crippen molar-refractivity contribution in [2.45, 2.75) is 25.8 Å². The van der Waals surface area contributed by atoms with Gasteiger partial charge in [-0.2, -0.15) is 0 Å². The number of pyridine rings is 1. The molecule has 0 saturated carbocycles. The first kappa shape index (κ1) is 12.0. The van der Waals surface area contributed by atoms with Crippen LogP contribution in [0.4, 0.5) is 17.1 Å². The molecule has 1 N–H and O–H groups in total. The number of fused-ring (bicyclic) bond motifs is 1. The fourth-order valence-corrected chi connectivity index (χ4v) is 2.78. The standard InChI is InChI=1S/C16H19N3/c1-12-7-8-13-5-3-4-6-16(13)19(12)15-9-14(17-2)10-18-11-15/h3-6,9-12,17H,7-8H2,1-2H3. The summed E-state index contributed by atoms with van der Waals surface area (Å²) >= 11 is 0. The molecular weight excluding hydrogens is 234 g/mol. The summed E-state index contributed by atoms with van der Waals surface area (Å²) in [6.45, 7) is 2.28. The molecule has 98 valence electrons. The van der Waals surface area contributed by atoms with E-state index in [-0.39, 0.29) is 0 Å². The van der Waals surface area contributed by atoms with Gasteiger partial charge in [0.15, 0.2) is 0 Å². The summed E-state index contributed by atoms with van der Waals surface area (Å²) in [5.41, 5.74) is 4.95. The maximum atomic E-state index is 4.33. The lowest BCUT2D eigenvalue weighted by Crippen LogP contribution is -2.33. The first-order valence-corrected chi connectivity index (χ1v) is 6.79. The van der Waals surface area contributed by atoms with Crippen LogP contribution in [0.5, 0.6) is 0 Å². The average molecular weight is 253 g/mol. The summed E-state index contributed by atoms with van der Waals surface area (Å²) in [5.74, 6) is 0. The molecule has 1 unspecified atom stereocenters. The molecule has 3 heteroatoms. The Kier molecular flexibility index (Phi) is 3.11. The zero-order valence-electron chi connectivity index (χ0n) is 11.4. The number of nitrogens with one attached hydrogen (secondary N) is 1. The Hall–Kier alpha value is -2.03. The third kappa shape index (κ3) is 2.16. The Morgan fingerprint density at radius 2 is 2.11 bits per heavy atom. The Morgan fingerprint density at radius 3 is 2.95 bits per heavy atom. The predicted octanol–water partition coefficient (Wildman–Crippen LogP) is 3.60. The van der Waals surface area contributed by atoms with Crippen molar-refractivity contribution in [2.24, 2.45) is 0 Å². The summed E-state index contributed by atoms with van der Waals surface area (Å²) in [7, 11) is 1.92. The topological polar surface area (TPSA) is 28.2 Å². The van der Waals surface area contributed by atoms with Crippen LogP contribution in [0.25, 0.3) is 0 Å². The molecule has 1 atom stereocenters. The van der Waals surface area contributed by atoms with Gasteiger partial charge in [-0.05, 0) is 37.5 Å². The van der Waals surface area contributed by atoms with Gasteiger partial charge in [-0.1, -0.05) is 18.2 Å². The highest BCUT2D eigenvalue weighted by Crippen LogP contribution is 2.36. The molecule has 1 aliphatic heterocycles. The molecule has 0 saturated heterocycles. The molecular formula is C16H19N3. The molecule has 0 aliphatic carbocycles. The molecule has 1 aromatic heterocycles. The van der Waals surface area contributed by atoms with Gasteiger partial charge in [-0.15, -0.1) is 0 Å². The van der Waals surface area contributed by atoms with Crippen LogP contribution >= 0.6 is 0 Å². The van der Waals surface area contributed by atoms with Crippen LogP contribution in [0, 0.1) is 0 Å². The van der Waals surface area contributed by atoms with Crippen LogP contribution in [0.3, 0.4) is 0 Å². The van der Waals surface area contributed by atoms with Gasteiger partial charge >= 0.3 is 0 Å². The molecule has 0 radical (unpaired) electrons. The number of aryl methyl sites for hydroxylation is 1. The number of para-hydroxylation sites is 1. The number of nitrogens with zero attached hydrogens (tertiary/aromatic N) is 2. The highest BCUT2D eigenvalue weighted by Gasteiger charge is 2.24. The highest BCUT2D eigenvalue weighted by atomic mass is 15.2. The second-order valence-electron chi connectivity index (χ2n) is 5.07. The zero-order valence-corrected chi connectivity index (χ0v) is 11.4. The minimum Gasteiger partial charge on any atom is -0.387 e. The minimum atomic E-state index is 0.504. The first-order chi connectivity index (χ1) is 9.29. The lowest BCUT2D eigenvalue weighted by atomic mass is 9.96. The fourth-order valence-electron chi connectivity index (χ4n) is 2.78. The summed E-state index contributed by atoms with van der Waals surface area (Å²) in [5, 5.41) is 3.16. The van der Waals surface area contributed by atoms with E-state index in [1.807, 2.05) is 19.4 Å². The van der Waals surface area contributed by atoms with Crippen LogP contribution in [-0.4, -0.2) is 18.1 Å². The van der Waals surface area contributed by atoms with Crippen LogP contribution in [0.2, 0.25) is 0 Å². The van der Waals surface area contributed by atoms with Gasteiger partial charge in [0.2, 0.25) is 0 Å². The molecule has 3 nitrogen and oxygen atoms in total. The lowest BCUT2D eigenvalue weighted by Gasteiger charge is -2.37. The van der Waals surface area contributed by atoms with Gasteiger partial charge in [0.1, 0.15) is 0 Å². The Morgan fingerprint density at radius 1 is 1.26 bits per heavy atom. The monoisotopic (exact) mass is 253 g/mol.